The van der Waals surface area contributed by atoms with E-state index in [9.17, 15) is 9.90 Å². The summed E-state index contributed by atoms with van der Waals surface area (Å²) < 4.78 is 15.3. The van der Waals surface area contributed by atoms with Crippen LogP contribution in [0.25, 0.3) is 11.0 Å². The van der Waals surface area contributed by atoms with Gasteiger partial charge in [0.15, 0.2) is 0 Å². The van der Waals surface area contributed by atoms with Crippen LogP contribution < -0.4 is 15.2 Å². The maximum absolute atomic E-state index is 12.6. The lowest BCUT2D eigenvalue weighted by Crippen LogP contribution is -2.51. The van der Waals surface area contributed by atoms with Gasteiger partial charge >= 0.3 is 5.69 Å². The number of para-hydroxylation sites is 2. The van der Waals surface area contributed by atoms with Crippen LogP contribution in [0.2, 0.25) is 5.02 Å². The fraction of sp³-hybridized carbons (Fsp3) is 0.367. The molecule has 1 fully saturated rings. The number of aliphatic hydroxyl groups is 1. The fourth-order valence-corrected chi connectivity index (χ4v) is 5.35. The molecule has 4 aromatic rings. The van der Waals surface area contributed by atoms with E-state index >= 15 is 0 Å². The normalized spacial score (nSPS) is 18.1. The van der Waals surface area contributed by atoms with Crippen molar-refractivity contribution in [3.8, 4) is 11.5 Å². The van der Waals surface area contributed by atoms with Gasteiger partial charge in [-0.3, -0.25) is 14.0 Å². The van der Waals surface area contributed by atoms with Crippen LogP contribution >= 0.6 is 11.6 Å². The predicted molar refractivity (Wildman–Crippen MR) is 150 cm³/mol. The lowest BCUT2D eigenvalue weighted by Gasteiger charge is -2.39. The molecule has 3 aromatic carbocycles. The van der Waals surface area contributed by atoms with E-state index in [2.05, 4.69) is 17.0 Å². The molecule has 0 amide bonds. The van der Waals surface area contributed by atoms with Gasteiger partial charge in [-0.1, -0.05) is 41.9 Å². The number of piperidine rings is 1. The minimum Gasteiger partial charge on any atom is -0.492 e. The summed E-state index contributed by atoms with van der Waals surface area (Å²) >= 11 is 6.26. The van der Waals surface area contributed by atoms with Gasteiger partial charge in [-0.2, -0.15) is 0 Å². The first kappa shape index (κ1) is 26.4. The molecule has 1 unspecified atom stereocenters. The van der Waals surface area contributed by atoms with E-state index < -0.39 is 5.60 Å². The van der Waals surface area contributed by atoms with Crippen molar-refractivity contribution in [1.82, 2.24) is 14.0 Å². The van der Waals surface area contributed by atoms with Crippen molar-refractivity contribution in [2.45, 2.75) is 38.5 Å². The number of ether oxygens (including phenoxy) is 2. The number of aromatic nitrogens is 2. The first-order chi connectivity index (χ1) is 18.3. The summed E-state index contributed by atoms with van der Waals surface area (Å²) in [7, 11) is 1.79. The number of imidazole rings is 1. The summed E-state index contributed by atoms with van der Waals surface area (Å²) in [5.74, 6) is 1.37. The van der Waals surface area contributed by atoms with E-state index in [1.54, 1.807) is 16.2 Å². The summed E-state index contributed by atoms with van der Waals surface area (Å²) in [6, 6.07) is 21.5. The minimum absolute atomic E-state index is 0.0426. The van der Waals surface area contributed by atoms with Crippen molar-refractivity contribution in [2.75, 3.05) is 26.3 Å². The molecule has 7 nitrogen and oxygen atoms in total. The highest BCUT2D eigenvalue weighted by atomic mass is 35.5. The zero-order chi connectivity index (χ0) is 26.7. The molecular formula is C30H34ClN3O4. The number of fused-ring (bicyclic) bond motifs is 1. The third-order valence-corrected chi connectivity index (χ3v) is 7.49. The quantitative estimate of drug-likeness (QED) is 0.334. The van der Waals surface area contributed by atoms with Crippen LogP contribution in [0.5, 0.6) is 11.5 Å². The lowest BCUT2D eigenvalue weighted by atomic mass is 9.93. The number of β-amino-alcohol motifs (C(OH)–C–C–N with tert-alkyl or cyclic N) is 1. The van der Waals surface area contributed by atoms with Crippen LogP contribution in [0.3, 0.4) is 0 Å². The molecule has 0 radical (unpaired) electrons. The highest BCUT2D eigenvalue weighted by Gasteiger charge is 2.34. The standard InChI is InChI=1S/C30H34ClN3O4/c1-22-8-13-25(31)28(18-22)38-21-30(36)14-5-15-33(20-30)19-23-9-11-24(12-10-23)37-17-16-34-27-7-4-3-6-26(27)32(2)29(34)35/h3-4,6-13,18,36H,5,14-17,19-21H2,1-2H3. The molecule has 1 atom stereocenters. The number of benzene rings is 3. The molecule has 0 spiro atoms. The highest BCUT2D eigenvalue weighted by Crippen LogP contribution is 2.29. The monoisotopic (exact) mass is 535 g/mol. The third-order valence-electron chi connectivity index (χ3n) is 7.18. The van der Waals surface area contributed by atoms with Gasteiger partial charge in [0.25, 0.3) is 0 Å². The molecule has 0 aliphatic carbocycles. The molecule has 1 aliphatic heterocycles. The van der Waals surface area contributed by atoms with Crippen molar-refractivity contribution in [3.05, 3.63) is 93.4 Å². The van der Waals surface area contributed by atoms with Gasteiger partial charge in [0.1, 0.15) is 30.3 Å². The van der Waals surface area contributed by atoms with Crippen LogP contribution in [0.1, 0.15) is 24.0 Å². The number of nitrogens with zero attached hydrogens (tertiary/aromatic N) is 3. The Morgan fingerprint density at radius 3 is 2.58 bits per heavy atom. The van der Waals surface area contributed by atoms with E-state index in [1.807, 2.05) is 61.5 Å². The van der Waals surface area contributed by atoms with E-state index in [0.717, 1.165) is 47.4 Å². The summed E-state index contributed by atoms with van der Waals surface area (Å²) in [4.78, 5) is 14.8. The average molecular weight is 536 g/mol. The fourth-order valence-electron chi connectivity index (χ4n) is 5.18. The van der Waals surface area contributed by atoms with E-state index in [-0.39, 0.29) is 12.3 Å². The zero-order valence-corrected chi connectivity index (χ0v) is 22.7. The molecule has 0 bridgehead atoms. The number of halogens is 1. The van der Waals surface area contributed by atoms with Crippen LogP contribution in [-0.4, -0.2) is 51.0 Å². The number of hydrogen-bond acceptors (Lipinski definition) is 5. The molecule has 1 aromatic heterocycles. The smallest absolute Gasteiger partial charge is 0.328 e. The summed E-state index contributed by atoms with van der Waals surface area (Å²) in [5.41, 5.74) is 3.07. The molecule has 1 saturated heterocycles. The van der Waals surface area contributed by atoms with Crippen molar-refractivity contribution < 1.29 is 14.6 Å². The van der Waals surface area contributed by atoms with E-state index in [1.165, 1.54) is 0 Å². The number of hydrogen-bond donors (Lipinski definition) is 1. The van der Waals surface area contributed by atoms with Gasteiger partial charge in [0.05, 0.1) is 22.6 Å². The lowest BCUT2D eigenvalue weighted by molar-refractivity contribution is -0.0620. The minimum atomic E-state index is -0.923. The Balaban J connectivity index is 1.13. The largest absolute Gasteiger partial charge is 0.492 e. The highest BCUT2D eigenvalue weighted by molar-refractivity contribution is 6.32. The van der Waals surface area contributed by atoms with Crippen molar-refractivity contribution >= 4 is 22.6 Å². The molecule has 2 heterocycles. The maximum Gasteiger partial charge on any atom is 0.328 e. The number of aryl methyl sites for hydroxylation is 2. The van der Waals surface area contributed by atoms with Gasteiger partial charge in [-0.15, -0.1) is 0 Å². The Bertz CT molecular complexity index is 1460. The second kappa shape index (κ2) is 11.2. The molecule has 5 rings (SSSR count). The zero-order valence-electron chi connectivity index (χ0n) is 21.9. The van der Waals surface area contributed by atoms with Gasteiger partial charge in [-0.05, 0) is 73.8 Å². The molecule has 8 heteroatoms. The van der Waals surface area contributed by atoms with Gasteiger partial charge < -0.3 is 14.6 Å². The van der Waals surface area contributed by atoms with Crippen molar-refractivity contribution in [2.24, 2.45) is 7.05 Å². The van der Waals surface area contributed by atoms with E-state index in [0.29, 0.717) is 36.9 Å². The maximum atomic E-state index is 12.6. The first-order valence-corrected chi connectivity index (χ1v) is 13.4. The second-order valence-electron chi connectivity index (χ2n) is 10.2. The molecule has 38 heavy (non-hydrogen) atoms. The van der Waals surface area contributed by atoms with Crippen LogP contribution in [0, 0.1) is 6.92 Å². The number of likely N-dealkylation sites (tertiary alicyclic amines) is 1. The van der Waals surface area contributed by atoms with Crippen molar-refractivity contribution in [1.29, 1.82) is 0 Å². The van der Waals surface area contributed by atoms with Crippen LogP contribution in [0.15, 0.2) is 71.5 Å². The SMILES string of the molecule is Cc1ccc(Cl)c(OCC2(O)CCCN(Cc3ccc(OCCn4c(=O)n(C)c5ccccc54)cc3)C2)c1. The summed E-state index contributed by atoms with van der Waals surface area (Å²) in [5, 5.41) is 11.8. The Labute approximate surface area is 227 Å². The van der Waals surface area contributed by atoms with Gasteiger partial charge in [0, 0.05) is 20.1 Å². The van der Waals surface area contributed by atoms with Crippen LogP contribution in [-0.2, 0) is 20.1 Å². The van der Waals surface area contributed by atoms with E-state index in [4.69, 9.17) is 21.1 Å². The Kier molecular flexibility index (Phi) is 7.79. The molecular weight excluding hydrogens is 502 g/mol. The molecule has 200 valence electrons. The molecule has 1 N–H and O–H groups in total. The van der Waals surface area contributed by atoms with Crippen LogP contribution in [0.4, 0.5) is 0 Å². The Hall–Kier alpha value is -3.26. The second-order valence-corrected chi connectivity index (χ2v) is 10.6. The average Bonchev–Trinajstić information content (AvgIpc) is 3.15. The Morgan fingerprint density at radius 1 is 1.03 bits per heavy atom. The predicted octanol–water partition coefficient (Wildman–Crippen LogP) is 4.79. The summed E-state index contributed by atoms with van der Waals surface area (Å²) in [6.45, 7) is 5.27. The third kappa shape index (κ3) is 5.90. The van der Waals surface area contributed by atoms with Crippen molar-refractivity contribution in [3.63, 3.8) is 0 Å². The molecule has 0 saturated carbocycles. The molecule has 1 aliphatic rings. The Morgan fingerprint density at radius 2 is 1.79 bits per heavy atom. The number of rotatable bonds is 9. The summed E-state index contributed by atoms with van der Waals surface area (Å²) in [6.07, 6.45) is 1.59. The topological polar surface area (TPSA) is 68.9 Å². The van der Waals surface area contributed by atoms with Gasteiger partial charge in [0.2, 0.25) is 0 Å². The first-order valence-electron chi connectivity index (χ1n) is 13.0. The van der Waals surface area contributed by atoms with Gasteiger partial charge in [-0.25, -0.2) is 4.79 Å².